The van der Waals surface area contributed by atoms with Gasteiger partial charge in [-0.2, -0.15) is 0 Å². The van der Waals surface area contributed by atoms with Crippen LogP contribution in [0.5, 0.6) is 0 Å². The molecule has 0 fully saturated rings. The van der Waals surface area contributed by atoms with Crippen molar-refractivity contribution in [3.63, 3.8) is 0 Å². The topological polar surface area (TPSA) is 9.86 Å². The van der Waals surface area contributed by atoms with E-state index in [0.717, 1.165) is 11.4 Å². The van der Waals surface area contributed by atoms with Gasteiger partial charge in [0.1, 0.15) is 0 Å². The Morgan fingerprint density at radius 2 is 0.767 bits per heavy atom. The predicted octanol–water partition coefficient (Wildman–Crippen LogP) is 15.7. The lowest BCUT2D eigenvalue weighted by Gasteiger charge is -2.15. The van der Waals surface area contributed by atoms with E-state index in [1.54, 1.807) is 0 Å². The van der Waals surface area contributed by atoms with Crippen LogP contribution >= 0.6 is 0 Å². The number of fused-ring (bicyclic) bond motifs is 7. The molecule has 60 heavy (non-hydrogen) atoms. The number of nitrogens with zero attached hydrogens (tertiary/aromatic N) is 2. The number of rotatable bonds is 6. The maximum absolute atomic E-state index is 2.45. The fourth-order valence-electron chi connectivity index (χ4n) is 9.42. The Morgan fingerprint density at radius 3 is 1.62 bits per heavy atom. The molecule has 0 aliphatic rings. The Hall–Kier alpha value is -7.94. The smallest absolute Gasteiger partial charge is 0.0547 e. The number of hydrogen-bond acceptors (Lipinski definition) is 0. The van der Waals surface area contributed by atoms with Gasteiger partial charge in [0, 0.05) is 32.8 Å². The second-order valence-corrected chi connectivity index (χ2v) is 15.7. The van der Waals surface area contributed by atoms with Crippen molar-refractivity contribution in [3.8, 4) is 55.9 Å². The molecule has 0 spiro atoms. The highest BCUT2D eigenvalue weighted by molar-refractivity contribution is 6.13. The zero-order valence-corrected chi connectivity index (χ0v) is 32.8. The van der Waals surface area contributed by atoms with Gasteiger partial charge >= 0.3 is 0 Å². The van der Waals surface area contributed by atoms with Crippen LogP contribution in [-0.2, 0) is 0 Å². The molecule has 0 saturated carbocycles. The quantitative estimate of drug-likeness (QED) is 0.160. The minimum atomic E-state index is 1.15. The van der Waals surface area contributed by atoms with Crippen molar-refractivity contribution in [3.05, 3.63) is 231 Å². The van der Waals surface area contributed by atoms with Crippen LogP contribution in [0.4, 0.5) is 0 Å². The first kappa shape index (κ1) is 34.1. The highest BCUT2D eigenvalue weighted by atomic mass is 15.0. The molecule has 0 unspecified atom stereocenters. The summed E-state index contributed by atoms with van der Waals surface area (Å²) in [6, 6.07) is 84.2. The van der Waals surface area contributed by atoms with Gasteiger partial charge in [-0.1, -0.05) is 170 Å². The van der Waals surface area contributed by atoms with Crippen LogP contribution in [0.15, 0.2) is 231 Å². The summed E-state index contributed by atoms with van der Waals surface area (Å²) in [5, 5.41) is 7.49. The summed E-state index contributed by atoms with van der Waals surface area (Å²) in [5.41, 5.74) is 16.7. The first-order valence-electron chi connectivity index (χ1n) is 20.7. The molecular weight excluding hydrogens is 725 g/mol. The first-order valence-corrected chi connectivity index (χ1v) is 20.7. The van der Waals surface area contributed by atoms with Crippen molar-refractivity contribution >= 4 is 54.4 Å². The molecule has 0 amide bonds. The highest BCUT2D eigenvalue weighted by Gasteiger charge is 2.18. The maximum atomic E-state index is 2.45. The second-order valence-electron chi connectivity index (χ2n) is 15.7. The number of para-hydroxylation sites is 3. The van der Waals surface area contributed by atoms with Gasteiger partial charge < -0.3 is 9.13 Å². The molecule has 12 aromatic rings. The SMILES string of the molecule is c1ccc(-c2ccc(-n3c4ccccc4c4ccc(-c5ccc6c(c5)c5ccccc5n6-c5ccccc5-c5cccc(-c6ccc7ccccc7c6)c5)cc43)cc2)cc1. The van der Waals surface area contributed by atoms with E-state index in [4.69, 9.17) is 0 Å². The van der Waals surface area contributed by atoms with Crippen LogP contribution in [0, 0.1) is 0 Å². The van der Waals surface area contributed by atoms with Crippen LogP contribution in [0.25, 0.3) is 110 Å². The largest absolute Gasteiger partial charge is 0.309 e. The summed E-state index contributed by atoms with van der Waals surface area (Å²) in [7, 11) is 0. The fraction of sp³-hybridized carbons (Fsp3) is 0. The van der Waals surface area contributed by atoms with Gasteiger partial charge in [0.05, 0.1) is 27.8 Å². The fourth-order valence-corrected chi connectivity index (χ4v) is 9.42. The normalized spacial score (nSPS) is 11.7. The Labute approximate surface area is 348 Å². The van der Waals surface area contributed by atoms with Crippen molar-refractivity contribution in [2.45, 2.75) is 0 Å². The predicted molar refractivity (Wildman–Crippen MR) is 254 cm³/mol. The van der Waals surface area contributed by atoms with Crippen LogP contribution in [-0.4, -0.2) is 9.13 Å². The van der Waals surface area contributed by atoms with Gasteiger partial charge in [-0.05, 0) is 110 Å². The molecule has 2 heteroatoms. The Kier molecular flexibility index (Phi) is 7.89. The molecule has 0 bridgehead atoms. The summed E-state index contributed by atoms with van der Waals surface area (Å²) in [4.78, 5) is 0. The Bertz CT molecular complexity index is 3590. The maximum Gasteiger partial charge on any atom is 0.0547 e. The van der Waals surface area contributed by atoms with Crippen molar-refractivity contribution in [2.24, 2.45) is 0 Å². The lowest BCUT2D eigenvalue weighted by Crippen LogP contribution is -1.97. The zero-order valence-electron chi connectivity index (χ0n) is 32.8. The van der Waals surface area contributed by atoms with E-state index in [1.165, 1.54) is 98.9 Å². The lowest BCUT2D eigenvalue weighted by molar-refractivity contribution is 1.18. The van der Waals surface area contributed by atoms with E-state index >= 15 is 0 Å². The van der Waals surface area contributed by atoms with Crippen molar-refractivity contribution < 1.29 is 0 Å². The molecule has 0 radical (unpaired) electrons. The average molecular weight is 763 g/mol. The highest BCUT2D eigenvalue weighted by Crippen LogP contribution is 2.40. The summed E-state index contributed by atoms with van der Waals surface area (Å²) in [6.07, 6.45) is 0. The van der Waals surface area contributed by atoms with Crippen molar-refractivity contribution in [2.75, 3.05) is 0 Å². The molecule has 0 atom stereocenters. The minimum absolute atomic E-state index is 1.15. The van der Waals surface area contributed by atoms with Crippen LogP contribution in [0.3, 0.4) is 0 Å². The number of benzene rings is 10. The van der Waals surface area contributed by atoms with Gasteiger partial charge in [-0.3, -0.25) is 0 Å². The third-order valence-corrected chi connectivity index (χ3v) is 12.3. The van der Waals surface area contributed by atoms with Crippen LogP contribution in [0.2, 0.25) is 0 Å². The van der Waals surface area contributed by atoms with Gasteiger partial charge in [0.2, 0.25) is 0 Å². The van der Waals surface area contributed by atoms with Gasteiger partial charge in [0.15, 0.2) is 0 Å². The van der Waals surface area contributed by atoms with Gasteiger partial charge in [-0.25, -0.2) is 0 Å². The molecule has 2 aromatic heterocycles. The second kappa shape index (κ2) is 13.9. The van der Waals surface area contributed by atoms with Crippen LogP contribution < -0.4 is 0 Å². The Balaban J connectivity index is 0.981. The van der Waals surface area contributed by atoms with Crippen molar-refractivity contribution in [1.29, 1.82) is 0 Å². The standard InChI is InChI=1S/C58H38N2/c1-2-13-39(14-3-1)41-27-31-48(32-28-41)59-55-23-10-7-20-50(55)52-33-29-46(38-58(52)59)45-30-34-57-53(37-45)51-21-8-11-24-56(51)60(57)54-22-9-6-19-49(54)47-18-12-17-43(36-47)44-26-25-40-15-4-5-16-42(40)35-44/h1-38H. The van der Waals surface area contributed by atoms with E-state index in [2.05, 4.69) is 240 Å². The molecular formula is C58H38N2. The summed E-state index contributed by atoms with van der Waals surface area (Å²) >= 11 is 0. The van der Waals surface area contributed by atoms with E-state index in [9.17, 15) is 0 Å². The zero-order chi connectivity index (χ0) is 39.6. The number of hydrogen-bond donors (Lipinski definition) is 0. The molecule has 2 nitrogen and oxygen atoms in total. The molecule has 0 aliphatic carbocycles. The molecule has 280 valence electrons. The molecule has 12 rings (SSSR count). The van der Waals surface area contributed by atoms with E-state index < -0.39 is 0 Å². The van der Waals surface area contributed by atoms with Crippen molar-refractivity contribution in [1.82, 2.24) is 9.13 Å². The summed E-state index contributed by atoms with van der Waals surface area (Å²) in [6.45, 7) is 0. The molecule has 0 N–H and O–H groups in total. The van der Waals surface area contributed by atoms with Gasteiger partial charge in [0.25, 0.3) is 0 Å². The van der Waals surface area contributed by atoms with Gasteiger partial charge in [-0.15, -0.1) is 0 Å². The third kappa shape index (κ3) is 5.57. The lowest BCUT2D eigenvalue weighted by atomic mass is 9.96. The average Bonchev–Trinajstić information content (AvgIpc) is 3.84. The van der Waals surface area contributed by atoms with E-state index in [0.29, 0.717) is 0 Å². The summed E-state index contributed by atoms with van der Waals surface area (Å²) < 4.78 is 4.87. The van der Waals surface area contributed by atoms with E-state index in [-0.39, 0.29) is 0 Å². The minimum Gasteiger partial charge on any atom is -0.309 e. The third-order valence-electron chi connectivity index (χ3n) is 12.3. The van der Waals surface area contributed by atoms with E-state index in [1.807, 2.05) is 0 Å². The molecule has 0 aliphatic heterocycles. The molecule has 0 saturated heterocycles. The van der Waals surface area contributed by atoms with Crippen LogP contribution in [0.1, 0.15) is 0 Å². The monoisotopic (exact) mass is 762 g/mol. The molecule has 10 aromatic carbocycles. The summed E-state index contributed by atoms with van der Waals surface area (Å²) in [5.74, 6) is 0. The molecule has 2 heterocycles. The Morgan fingerprint density at radius 1 is 0.233 bits per heavy atom. The first-order chi connectivity index (χ1) is 29.7. The number of aromatic nitrogens is 2.